The van der Waals surface area contributed by atoms with E-state index in [0.29, 0.717) is 18.8 Å². The number of benzene rings is 2. The molecule has 33 heavy (non-hydrogen) atoms. The summed E-state index contributed by atoms with van der Waals surface area (Å²) in [6, 6.07) is 14.8. The Bertz CT molecular complexity index is 1090. The third-order valence-corrected chi connectivity index (χ3v) is 8.73. The van der Waals surface area contributed by atoms with Crippen molar-refractivity contribution in [3.05, 3.63) is 54.1 Å². The number of carbonyl (C=O) groups excluding carboxylic acids is 2. The van der Waals surface area contributed by atoms with Crippen molar-refractivity contribution in [3.8, 4) is 0 Å². The maximum absolute atomic E-state index is 13.0. The molecule has 3 rings (SSSR count). The second-order valence-electron chi connectivity index (χ2n) is 7.98. The van der Waals surface area contributed by atoms with E-state index in [4.69, 9.17) is 0 Å². The highest BCUT2D eigenvalue weighted by Gasteiger charge is 2.30. The number of anilines is 1. The monoisotopic (exact) mass is 489 g/mol. The van der Waals surface area contributed by atoms with Crippen LogP contribution in [0, 0.1) is 0 Å². The number of thioether (sulfide) groups is 1. The number of carbonyl (C=O) groups is 2. The summed E-state index contributed by atoms with van der Waals surface area (Å²) in [6.07, 6.45) is 1.62. The minimum absolute atomic E-state index is 0.0548. The van der Waals surface area contributed by atoms with E-state index in [9.17, 15) is 18.0 Å². The molecule has 0 aliphatic carbocycles. The van der Waals surface area contributed by atoms with Crippen molar-refractivity contribution >= 4 is 39.3 Å². The number of nitrogens with zero attached hydrogens (tertiary/aromatic N) is 2. The van der Waals surface area contributed by atoms with Crippen LogP contribution in [0.4, 0.5) is 5.69 Å². The number of hydrogen-bond donors (Lipinski definition) is 1. The van der Waals surface area contributed by atoms with Gasteiger partial charge in [-0.05, 0) is 43.5 Å². The van der Waals surface area contributed by atoms with Gasteiger partial charge in [-0.2, -0.15) is 4.31 Å². The first-order valence-electron chi connectivity index (χ1n) is 11.2. The van der Waals surface area contributed by atoms with Crippen LogP contribution in [-0.4, -0.2) is 56.0 Å². The highest BCUT2D eigenvalue weighted by molar-refractivity contribution is 8.00. The molecule has 7 nitrogen and oxygen atoms in total. The summed E-state index contributed by atoms with van der Waals surface area (Å²) in [5.74, 6) is -0.262. The van der Waals surface area contributed by atoms with Gasteiger partial charge in [0.25, 0.3) is 0 Å². The van der Waals surface area contributed by atoms with Gasteiger partial charge in [0.05, 0.1) is 16.3 Å². The summed E-state index contributed by atoms with van der Waals surface area (Å²) < 4.78 is 27.3. The maximum atomic E-state index is 13.0. The molecule has 1 heterocycles. The van der Waals surface area contributed by atoms with Crippen molar-refractivity contribution < 1.29 is 18.0 Å². The summed E-state index contributed by atoms with van der Waals surface area (Å²) in [5.41, 5.74) is 1.68. The number of aryl methyl sites for hydroxylation is 1. The smallest absolute Gasteiger partial charge is 0.243 e. The third kappa shape index (κ3) is 6.16. The molecule has 1 aliphatic rings. The maximum Gasteiger partial charge on any atom is 0.243 e. The van der Waals surface area contributed by atoms with Gasteiger partial charge in [-0.1, -0.05) is 44.2 Å². The van der Waals surface area contributed by atoms with Crippen molar-refractivity contribution in [2.75, 3.05) is 30.3 Å². The molecule has 0 saturated carbocycles. The van der Waals surface area contributed by atoms with Crippen LogP contribution in [0.5, 0.6) is 0 Å². The molecule has 0 aromatic heterocycles. The lowest BCUT2D eigenvalue weighted by Gasteiger charge is -2.30. The molecular weight excluding hydrogens is 458 g/mol. The Kier molecular flexibility index (Phi) is 8.56. The van der Waals surface area contributed by atoms with E-state index in [2.05, 4.69) is 17.4 Å². The summed E-state index contributed by atoms with van der Waals surface area (Å²) in [7, 11) is -3.67. The molecule has 0 saturated heterocycles. The summed E-state index contributed by atoms with van der Waals surface area (Å²) >= 11 is 1.36. The van der Waals surface area contributed by atoms with Gasteiger partial charge in [0.15, 0.2) is 0 Å². The van der Waals surface area contributed by atoms with Crippen LogP contribution >= 0.6 is 11.8 Å². The lowest BCUT2D eigenvalue weighted by Crippen LogP contribution is -2.45. The number of amides is 2. The SMILES string of the molecule is CCN(CC)S(=O)(=O)c1ccc2c(c1)N(CC(=O)N[C@@H](C)CCc1ccccc1)C(=O)CS2. The zero-order valence-corrected chi connectivity index (χ0v) is 20.9. The molecule has 0 unspecified atom stereocenters. The zero-order valence-electron chi connectivity index (χ0n) is 19.3. The topological polar surface area (TPSA) is 86.8 Å². The normalized spacial score (nSPS) is 14.8. The average molecular weight is 490 g/mol. The number of fused-ring (bicyclic) bond motifs is 1. The fourth-order valence-corrected chi connectivity index (χ4v) is 6.19. The molecule has 1 N–H and O–H groups in total. The molecule has 0 spiro atoms. The minimum Gasteiger partial charge on any atom is -0.352 e. The van der Waals surface area contributed by atoms with E-state index in [0.717, 1.165) is 17.7 Å². The van der Waals surface area contributed by atoms with E-state index in [-0.39, 0.29) is 35.0 Å². The van der Waals surface area contributed by atoms with Crippen LogP contribution in [0.25, 0.3) is 0 Å². The largest absolute Gasteiger partial charge is 0.352 e. The van der Waals surface area contributed by atoms with Gasteiger partial charge in [-0.15, -0.1) is 11.8 Å². The van der Waals surface area contributed by atoms with Crippen molar-refractivity contribution in [1.82, 2.24) is 9.62 Å². The molecule has 0 fully saturated rings. The Morgan fingerprint density at radius 2 is 1.85 bits per heavy atom. The average Bonchev–Trinajstić information content (AvgIpc) is 2.80. The molecule has 1 atom stereocenters. The van der Waals surface area contributed by atoms with Gasteiger partial charge >= 0.3 is 0 Å². The van der Waals surface area contributed by atoms with E-state index >= 15 is 0 Å². The second kappa shape index (κ2) is 11.2. The number of nitrogens with one attached hydrogen (secondary N) is 1. The van der Waals surface area contributed by atoms with Gasteiger partial charge in [-0.3, -0.25) is 9.59 Å². The second-order valence-corrected chi connectivity index (χ2v) is 10.9. The van der Waals surface area contributed by atoms with Crippen molar-refractivity contribution in [2.45, 2.75) is 49.4 Å². The molecule has 9 heteroatoms. The van der Waals surface area contributed by atoms with Crippen molar-refractivity contribution in [3.63, 3.8) is 0 Å². The molecule has 2 aromatic carbocycles. The summed E-state index contributed by atoms with van der Waals surface area (Å²) in [4.78, 5) is 27.7. The van der Waals surface area contributed by atoms with Gasteiger partial charge < -0.3 is 10.2 Å². The van der Waals surface area contributed by atoms with Crippen LogP contribution in [-0.2, 0) is 26.0 Å². The molecule has 2 amide bonds. The van der Waals surface area contributed by atoms with Crippen molar-refractivity contribution in [1.29, 1.82) is 0 Å². The van der Waals surface area contributed by atoms with Crippen LogP contribution in [0.3, 0.4) is 0 Å². The molecule has 0 bridgehead atoms. The molecule has 178 valence electrons. The van der Waals surface area contributed by atoms with Gasteiger partial charge in [-0.25, -0.2) is 8.42 Å². The first-order valence-corrected chi connectivity index (χ1v) is 13.6. The predicted octanol–water partition coefficient (Wildman–Crippen LogP) is 3.29. The molecule has 1 aliphatic heterocycles. The Hall–Kier alpha value is -2.36. The molecular formula is C24H31N3O4S2. The fraction of sp³-hybridized carbons (Fsp3) is 0.417. The molecule has 0 radical (unpaired) electrons. The Morgan fingerprint density at radius 3 is 2.52 bits per heavy atom. The highest BCUT2D eigenvalue weighted by atomic mass is 32.2. The lowest BCUT2D eigenvalue weighted by molar-refractivity contribution is -0.123. The van der Waals surface area contributed by atoms with Crippen LogP contribution in [0.15, 0.2) is 58.3 Å². The predicted molar refractivity (Wildman–Crippen MR) is 132 cm³/mol. The zero-order chi connectivity index (χ0) is 24.0. The third-order valence-electron chi connectivity index (χ3n) is 5.63. The standard InChI is InChI=1S/C24H31N3O4S2/c1-4-26(5-2)33(30,31)20-13-14-22-21(15-20)27(24(29)17-32-22)16-23(28)25-18(3)11-12-19-9-7-6-8-10-19/h6-10,13-15,18H,4-5,11-12,16-17H2,1-3H3,(H,25,28)/t18-/m0/s1. The Morgan fingerprint density at radius 1 is 1.15 bits per heavy atom. The number of hydrogen-bond acceptors (Lipinski definition) is 5. The molecule has 2 aromatic rings. The highest BCUT2D eigenvalue weighted by Crippen LogP contribution is 2.37. The quantitative estimate of drug-likeness (QED) is 0.553. The first-order chi connectivity index (χ1) is 15.8. The van der Waals surface area contributed by atoms with E-state index in [1.54, 1.807) is 26.0 Å². The summed E-state index contributed by atoms with van der Waals surface area (Å²) in [6.45, 7) is 6.09. The Labute approximate surface area is 200 Å². The van der Waals surface area contributed by atoms with Crippen LogP contribution < -0.4 is 10.2 Å². The van der Waals surface area contributed by atoms with Crippen molar-refractivity contribution in [2.24, 2.45) is 0 Å². The van der Waals surface area contributed by atoms with E-state index < -0.39 is 10.0 Å². The lowest BCUT2D eigenvalue weighted by atomic mass is 10.1. The van der Waals surface area contributed by atoms with Crippen LogP contribution in [0.2, 0.25) is 0 Å². The number of sulfonamides is 1. The fourth-order valence-electron chi connectivity index (χ4n) is 3.79. The first kappa shape index (κ1) is 25.3. The minimum atomic E-state index is -3.67. The number of rotatable bonds is 10. The van der Waals surface area contributed by atoms with Gasteiger partial charge in [0.1, 0.15) is 6.54 Å². The Balaban J connectivity index is 1.72. The van der Waals surface area contributed by atoms with Gasteiger partial charge in [0.2, 0.25) is 21.8 Å². The summed E-state index contributed by atoms with van der Waals surface area (Å²) in [5, 5.41) is 2.96. The van der Waals surface area contributed by atoms with Crippen LogP contribution in [0.1, 0.15) is 32.8 Å². The van der Waals surface area contributed by atoms with Gasteiger partial charge in [0, 0.05) is 24.0 Å². The van der Waals surface area contributed by atoms with E-state index in [1.165, 1.54) is 32.6 Å². The van der Waals surface area contributed by atoms with E-state index in [1.807, 2.05) is 25.1 Å².